The first kappa shape index (κ1) is 20.2. The van der Waals surface area contributed by atoms with Gasteiger partial charge < -0.3 is 14.2 Å². The zero-order chi connectivity index (χ0) is 20.1. The Morgan fingerprint density at radius 3 is 2.43 bits per heavy atom. The van der Waals surface area contributed by atoms with E-state index in [-0.39, 0.29) is 39.1 Å². The second-order valence-electron chi connectivity index (χ2n) is 5.31. The Balaban J connectivity index is 2.02. The van der Waals surface area contributed by atoms with E-state index in [9.17, 15) is 4.79 Å². The average molecular weight is 440 g/mol. The van der Waals surface area contributed by atoms with Crippen molar-refractivity contribution in [2.75, 3.05) is 6.61 Å². The lowest BCUT2D eigenvalue weighted by Crippen LogP contribution is -2.11. The van der Waals surface area contributed by atoms with E-state index >= 15 is 0 Å². The van der Waals surface area contributed by atoms with E-state index in [1.165, 1.54) is 18.3 Å². The topological polar surface area (TPSA) is 70.5 Å². The van der Waals surface area contributed by atoms with Crippen molar-refractivity contribution in [1.29, 1.82) is 0 Å². The van der Waals surface area contributed by atoms with Gasteiger partial charge >= 0.3 is 6.16 Å². The van der Waals surface area contributed by atoms with Crippen LogP contribution in [0.3, 0.4) is 0 Å². The fraction of sp³-hybridized carbons (Fsp3) is 0.105. The van der Waals surface area contributed by atoms with Crippen molar-refractivity contribution >= 4 is 41.0 Å². The van der Waals surface area contributed by atoms with Crippen LogP contribution in [0.2, 0.25) is 15.1 Å². The van der Waals surface area contributed by atoms with Gasteiger partial charge in [-0.1, -0.05) is 65.1 Å². The van der Waals surface area contributed by atoms with Crippen LogP contribution < -0.4 is 9.47 Å². The fourth-order valence-corrected chi connectivity index (χ4v) is 2.72. The number of hydrogen-bond acceptors (Lipinski definition) is 6. The van der Waals surface area contributed by atoms with Crippen LogP contribution in [-0.4, -0.2) is 22.7 Å². The van der Waals surface area contributed by atoms with Gasteiger partial charge in [0.15, 0.2) is 5.82 Å². The summed E-state index contributed by atoms with van der Waals surface area (Å²) in [5.74, 6) is 0.466. The van der Waals surface area contributed by atoms with Crippen LogP contribution in [0.25, 0.3) is 11.4 Å². The molecular formula is C19H13Cl3N2O4. The van der Waals surface area contributed by atoms with Crippen LogP contribution in [0.1, 0.15) is 6.92 Å². The molecule has 0 saturated carbocycles. The number of rotatable bonds is 5. The van der Waals surface area contributed by atoms with Gasteiger partial charge in [-0.2, -0.15) is 4.98 Å². The van der Waals surface area contributed by atoms with E-state index < -0.39 is 6.16 Å². The smallest absolute Gasteiger partial charge is 0.434 e. The molecule has 0 bridgehead atoms. The van der Waals surface area contributed by atoms with Crippen molar-refractivity contribution in [3.05, 3.63) is 63.7 Å². The molecule has 1 heterocycles. The standard InChI is InChI=1S/C19H13Cl3N2O4/c1-2-26-19(25)28-16-10-23-17(11-6-4-3-5-7-11)24-18(16)27-15-9-13(21)12(20)8-14(15)22/h3-10H,2H2,1H3. The van der Waals surface area contributed by atoms with Crippen molar-refractivity contribution in [3.63, 3.8) is 0 Å². The molecule has 0 fully saturated rings. The van der Waals surface area contributed by atoms with Crippen LogP contribution in [0, 0.1) is 0 Å². The highest BCUT2D eigenvalue weighted by atomic mass is 35.5. The number of benzene rings is 2. The second-order valence-corrected chi connectivity index (χ2v) is 6.53. The summed E-state index contributed by atoms with van der Waals surface area (Å²) < 4.78 is 15.7. The van der Waals surface area contributed by atoms with E-state index in [2.05, 4.69) is 9.97 Å². The lowest BCUT2D eigenvalue weighted by atomic mass is 10.2. The fourth-order valence-electron chi connectivity index (χ4n) is 2.15. The van der Waals surface area contributed by atoms with E-state index in [0.717, 1.165) is 5.56 Å². The minimum atomic E-state index is -0.913. The number of carbonyl (C=O) groups is 1. The zero-order valence-electron chi connectivity index (χ0n) is 14.5. The molecule has 0 N–H and O–H groups in total. The van der Waals surface area contributed by atoms with Crippen LogP contribution in [0.4, 0.5) is 4.79 Å². The van der Waals surface area contributed by atoms with Crippen LogP contribution in [-0.2, 0) is 4.74 Å². The van der Waals surface area contributed by atoms with Gasteiger partial charge in [-0.3, -0.25) is 0 Å². The van der Waals surface area contributed by atoms with Gasteiger partial charge in [0.1, 0.15) is 5.75 Å². The number of carbonyl (C=O) groups excluding carboxylic acids is 1. The van der Waals surface area contributed by atoms with E-state index in [0.29, 0.717) is 5.82 Å². The highest BCUT2D eigenvalue weighted by Gasteiger charge is 2.18. The molecule has 0 spiro atoms. The molecule has 6 nitrogen and oxygen atoms in total. The number of ether oxygens (including phenoxy) is 3. The maximum absolute atomic E-state index is 11.7. The molecule has 0 amide bonds. The second kappa shape index (κ2) is 9.10. The van der Waals surface area contributed by atoms with E-state index in [1.54, 1.807) is 6.92 Å². The lowest BCUT2D eigenvalue weighted by Gasteiger charge is -2.12. The molecule has 9 heteroatoms. The molecule has 3 rings (SSSR count). The Bertz CT molecular complexity index is 1000. The third-order valence-corrected chi connectivity index (χ3v) is 4.41. The van der Waals surface area contributed by atoms with Gasteiger partial charge in [0.2, 0.25) is 5.75 Å². The summed E-state index contributed by atoms with van der Waals surface area (Å²) in [7, 11) is 0. The van der Waals surface area contributed by atoms with E-state index in [1.807, 2.05) is 30.3 Å². The van der Waals surface area contributed by atoms with Gasteiger partial charge in [0, 0.05) is 11.6 Å². The molecule has 144 valence electrons. The molecule has 2 aromatic carbocycles. The average Bonchev–Trinajstić information content (AvgIpc) is 2.68. The number of nitrogens with zero attached hydrogens (tertiary/aromatic N) is 2. The van der Waals surface area contributed by atoms with Crippen molar-refractivity contribution in [2.45, 2.75) is 6.92 Å². The highest BCUT2D eigenvalue weighted by molar-refractivity contribution is 6.43. The quantitative estimate of drug-likeness (QED) is 0.337. The number of hydrogen-bond donors (Lipinski definition) is 0. The van der Waals surface area contributed by atoms with Gasteiger partial charge in [-0.15, -0.1) is 0 Å². The SMILES string of the molecule is CCOC(=O)Oc1cnc(-c2ccccc2)nc1Oc1cc(Cl)c(Cl)cc1Cl. The third kappa shape index (κ3) is 4.84. The Hall–Kier alpha value is -2.54. The summed E-state index contributed by atoms with van der Waals surface area (Å²) in [6, 6.07) is 12.1. The number of halogens is 3. The zero-order valence-corrected chi connectivity index (χ0v) is 16.8. The molecule has 0 unspecified atom stereocenters. The summed E-state index contributed by atoms with van der Waals surface area (Å²) in [5, 5.41) is 0.720. The van der Waals surface area contributed by atoms with Crippen LogP contribution in [0.5, 0.6) is 17.4 Å². The van der Waals surface area contributed by atoms with Crippen LogP contribution >= 0.6 is 34.8 Å². The minimum Gasteiger partial charge on any atom is -0.434 e. The Morgan fingerprint density at radius 1 is 1.00 bits per heavy atom. The molecule has 28 heavy (non-hydrogen) atoms. The third-order valence-electron chi connectivity index (χ3n) is 3.39. The summed E-state index contributed by atoms with van der Waals surface area (Å²) in [6.07, 6.45) is 0.399. The molecular weight excluding hydrogens is 427 g/mol. The minimum absolute atomic E-state index is 0.0396. The maximum atomic E-state index is 11.7. The molecule has 0 radical (unpaired) electrons. The van der Waals surface area contributed by atoms with Crippen LogP contribution in [0.15, 0.2) is 48.7 Å². The van der Waals surface area contributed by atoms with Crippen molar-refractivity contribution < 1.29 is 19.0 Å². The van der Waals surface area contributed by atoms with Gasteiger partial charge in [0.25, 0.3) is 5.88 Å². The molecule has 0 atom stereocenters. The largest absolute Gasteiger partial charge is 0.514 e. The summed E-state index contributed by atoms with van der Waals surface area (Å²) >= 11 is 18.2. The lowest BCUT2D eigenvalue weighted by molar-refractivity contribution is 0.103. The first-order valence-corrected chi connectivity index (χ1v) is 9.20. The molecule has 0 aliphatic carbocycles. The van der Waals surface area contributed by atoms with Gasteiger partial charge in [0.05, 0.1) is 27.9 Å². The summed E-state index contributed by atoms with van der Waals surface area (Å²) in [4.78, 5) is 20.3. The Kier molecular flexibility index (Phi) is 6.57. The molecule has 1 aromatic heterocycles. The van der Waals surface area contributed by atoms with E-state index in [4.69, 9.17) is 49.0 Å². The Morgan fingerprint density at radius 2 is 1.71 bits per heavy atom. The molecule has 3 aromatic rings. The van der Waals surface area contributed by atoms with Crippen molar-refractivity contribution in [2.24, 2.45) is 0 Å². The number of aromatic nitrogens is 2. The van der Waals surface area contributed by atoms with Crippen molar-refractivity contribution in [1.82, 2.24) is 9.97 Å². The molecule has 0 aliphatic rings. The predicted octanol–water partition coefficient (Wildman–Crippen LogP) is 6.43. The van der Waals surface area contributed by atoms with Gasteiger partial charge in [-0.25, -0.2) is 9.78 Å². The highest BCUT2D eigenvalue weighted by Crippen LogP contribution is 2.38. The predicted molar refractivity (Wildman–Crippen MR) is 107 cm³/mol. The Labute approximate surface area is 175 Å². The first-order chi connectivity index (χ1) is 13.5. The first-order valence-electron chi connectivity index (χ1n) is 8.07. The van der Waals surface area contributed by atoms with Gasteiger partial charge in [-0.05, 0) is 13.0 Å². The van der Waals surface area contributed by atoms with Crippen molar-refractivity contribution in [3.8, 4) is 28.8 Å². The monoisotopic (exact) mass is 438 g/mol. The normalized spacial score (nSPS) is 10.4. The summed E-state index contributed by atoms with van der Waals surface area (Å²) in [5.41, 5.74) is 0.746. The molecule has 0 saturated heterocycles. The molecule has 0 aliphatic heterocycles. The maximum Gasteiger partial charge on any atom is 0.514 e. The summed E-state index contributed by atoms with van der Waals surface area (Å²) in [6.45, 7) is 1.81.